The van der Waals surface area contributed by atoms with E-state index in [2.05, 4.69) is 20.0 Å². The maximum atomic E-state index is 12.7. The van der Waals surface area contributed by atoms with Crippen LogP contribution in [0.5, 0.6) is 0 Å². The van der Waals surface area contributed by atoms with Gasteiger partial charge in [0.25, 0.3) is 5.91 Å². The highest BCUT2D eigenvalue weighted by Crippen LogP contribution is 2.20. The molecule has 0 bridgehead atoms. The van der Waals surface area contributed by atoms with Crippen molar-refractivity contribution >= 4 is 21.4 Å². The van der Waals surface area contributed by atoms with Crippen molar-refractivity contribution in [3.8, 4) is 11.4 Å². The number of sulfone groups is 1. The Hall–Kier alpha value is -3.98. The van der Waals surface area contributed by atoms with Crippen LogP contribution in [-0.2, 0) is 15.6 Å². The number of carbonyl (C=O) groups is 1. The van der Waals surface area contributed by atoms with Crippen LogP contribution in [0.4, 0.5) is 5.69 Å². The first kappa shape index (κ1) is 20.3. The van der Waals surface area contributed by atoms with E-state index in [-0.39, 0.29) is 16.5 Å². The van der Waals surface area contributed by atoms with Gasteiger partial charge in [0.05, 0.1) is 10.6 Å². The fourth-order valence-corrected chi connectivity index (χ4v) is 4.39. The van der Waals surface area contributed by atoms with Crippen molar-refractivity contribution in [2.75, 3.05) is 5.32 Å². The van der Waals surface area contributed by atoms with Gasteiger partial charge in [0.1, 0.15) is 0 Å². The Labute approximate surface area is 177 Å². The Kier molecular flexibility index (Phi) is 5.50. The van der Waals surface area contributed by atoms with Gasteiger partial charge in [-0.1, -0.05) is 47.6 Å². The predicted molar refractivity (Wildman–Crippen MR) is 114 cm³/mol. The van der Waals surface area contributed by atoms with Crippen LogP contribution in [-0.4, -0.2) is 24.5 Å². The first-order valence-electron chi connectivity index (χ1n) is 9.25. The fraction of sp³-hybridized carbons (Fsp3) is 0.0455. The van der Waals surface area contributed by atoms with E-state index in [4.69, 9.17) is 0 Å². The Morgan fingerprint density at radius 3 is 2.48 bits per heavy atom. The molecule has 0 aliphatic rings. The average Bonchev–Trinajstić information content (AvgIpc) is 3.21. The van der Waals surface area contributed by atoms with Crippen molar-refractivity contribution in [1.29, 1.82) is 0 Å². The van der Waals surface area contributed by atoms with E-state index in [1.165, 1.54) is 0 Å². The van der Waals surface area contributed by atoms with Crippen molar-refractivity contribution in [3.63, 3.8) is 0 Å². The summed E-state index contributed by atoms with van der Waals surface area (Å²) in [5, 5.41) is 6.38. The predicted octanol–water partition coefficient (Wildman–Crippen LogP) is 3.26. The van der Waals surface area contributed by atoms with E-state index in [0.29, 0.717) is 22.4 Å². The number of benzene rings is 3. The van der Waals surface area contributed by atoms with Crippen molar-refractivity contribution in [2.24, 2.45) is 0 Å². The SMILES string of the molecule is O=C(Nc1cccc(-c2noc(=O)[nH]2)c1)c1cccc(CS(=O)(=O)c2ccccc2)c1. The minimum Gasteiger partial charge on any atom is -0.322 e. The Morgan fingerprint density at radius 2 is 1.74 bits per heavy atom. The second kappa shape index (κ2) is 8.41. The van der Waals surface area contributed by atoms with E-state index >= 15 is 0 Å². The average molecular weight is 435 g/mol. The zero-order valence-corrected chi connectivity index (χ0v) is 16.9. The number of aromatic nitrogens is 2. The van der Waals surface area contributed by atoms with Crippen LogP contribution in [0.1, 0.15) is 15.9 Å². The quantitative estimate of drug-likeness (QED) is 0.479. The van der Waals surface area contributed by atoms with Gasteiger partial charge < -0.3 is 5.32 Å². The van der Waals surface area contributed by atoms with Crippen LogP contribution in [0.2, 0.25) is 0 Å². The zero-order chi connectivity index (χ0) is 21.8. The molecule has 0 saturated heterocycles. The van der Waals surface area contributed by atoms with Crippen molar-refractivity contribution in [3.05, 3.63) is 101 Å². The number of nitrogens with zero attached hydrogens (tertiary/aromatic N) is 1. The summed E-state index contributed by atoms with van der Waals surface area (Å²) in [6.45, 7) is 0. The lowest BCUT2D eigenvalue weighted by molar-refractivity contribution is 0.102. The summed E-state index contributed by atoms with van der Waals surface area (Å²) in [5.74, 6) is -1.04. The van der Waals surface area contributed by atoms with Gasteiger partial charge in [-0.15, -0.1) is 0 Å². The van der Waals surface area contributed by atoms with Gasteiger partial charge in [-0.3, -0.25) is 14.3 Å². The summed E-state index contributed by atoms with van der Waals surface area (Å²) in [6.07, 6.45) is 0. The van der Waals surface area contributed by atoms with Crippen LogP contribution in [0.3, 0.4) is 0 Å². The summed E-state index contributed by atoms with van der Waals surface area (Å²) in [5.41, 5.74) is 1.87. The van der Waals surface area contributed by atoms with Gasteiger partial charge in [-0.2, -0.15) is 0 Å². The molecule has 4 rings (SSSR count). The molecule has 0 radical (unpaired) electrons. The number of hydrogen-bond acceptors (Lipinski definition) is 6. The highest BCUT2D eigenvalue weighted by Gasteiger charge is 2.16. The van der Waals surface area contributed by atoms with Crippen molar-refractivity contribution in [1.82, 2.24) is 10.1 Å². The van der Waals surface area contributed by atoms with Crippen LogP contribution in [0.25, 0.3) is 11.4 Å². The van der Waals surface area contributed by atoms with E-state index in [1.54, 1.807) is 78.9 Å². The van der Waals surface area contributed by atoms with Crippen LogP contribution in [0, 0.1) is 0 Å². The second-order valence-electron chi connectivity index (χ2n) is 6.75. The topological polar surface area (TPSA) is 122 Å². The number of nitrogens with one attached hydrogen (secondary N) is 2. The van der Waals surface area contributed by atoms with Crippen molar-refractivity contribution in [2.45, 2.75) is 10.6 Å². The third kappa shape index (κ3) is 4.78. The first-order valence-corrected chi connectivity index (χ1v) is 10.9. The van der Waals surface area contributed by atoms with E-state index in [1.807, 2.05) is 0 Å². The number of amides is 1. The molecule has 8 nitrogen and oxygen atoms in total. The van der Waals surface area contributed by atoms with E-state index in [9.17, 15) is 18.0 Å². The largest absolute Gasteiger partial charge is 0.439 e. The molecule has 0 saturated carbocycles. The third-order valence-electron chi connectivity index (χ3n) is 4.48. The molecule has 0 aliphatic carbocycles. The smallest absolute Gasteiger partial charge is 0.322 e. The standard InChI is InChI=1S/C22H17N3O5S/c26-21(23-18-9-5-7-16(13-18)20-24-22(27)30-25-20)17-8-4-6-15(12-17)14-31(28,29)19-10-2-1-3-11-19/h1-13H,14H2,(H,23,26)(H,24,25,27). The molecular formula is C22H17N3O5S. The van der Waals surface area contributed by atoms with E-state index in [0.717, 1.165) is 0 Å². The summed E-state index contributed by atoms with van der Waals surface area (Å²) < 4.78 is 29.7. The first-order chi connectivity index (χ1) is 14.9. The van der Waals surface area contributed by atoms with Gasteiger partial charge >= 0.3 is 5.76 Å². The molecule has 0 aliphatic heterocycles. The fourth-order valence-electron chi connectivity index (χ4n) is 3.03. The zero-order valence-electron chi connectivity index (χ0n) is 16.1. The maximum absolute atomic E-state index is 12.7. The molecule has 31 heavy (non-hydrogen) atoms. The lowest BCUT2D eigenvalue weighted by Gasteiger charge is -2.09. The molecule has 9 heteroatoms. The molecule has 1 heterocycles. The number of hydrogen-bond donors (Lipinski definition) is 2. The second-order valence-corrected chi connectivity index (χ2v) is 8.74. The van der Waals surface area contributed by atoms with Gasteiger partial charge in [-0.05, 0) is 42.0 Å². The monoisotopic (exact) mass is 435 g/mol. The van der Waals surface area contributed by atoms with Gasteiger partial charge in [0, 0.05) is 16.8 Å². The highest BCUT2D eigenvalue weighted by atomic mass is 32.2. The Morgan fingerprint density at radius 1 is 0.968 bits per heavy atom. The minimum atomic E-state index is -3.53. The summed E-state index contributed by atoms with van der Waals surface area (Å²) in [4.78, 5) is 26.5. The summed E-state index contributed by atoms with van der Waals surface area (Å²) in [6, 6.07) is 21.3. The molecule has 0 unspecified atom stereocenters. The normalized spacial score (nSPS) is 11.2. The summed E-state index contributed by atoms with van der Waals surface area (Å²) >= 11 is 0. The number of carbonyl (C=O) groups excluding carboxylic acids is 1. The number of rotatable bonds is 6. The van der Waals surface area contributed by atoms with Crippen LogP contribution < -0.4 is 11.1 Å². The third-order valence-corrected chi connectivity index (χ3v) is 6.19. The number of H-pyrrole nitrogens is 1. The van der Waals surface area contributed by atoms with Gasteiger partial charge in [0.15, 0.2) is 15.7 Å². The van der Waals surface area contributed by atoms with E-state index < -0.39 is 21.5 Å². The van der Waals surface area contributed by atoms with Crippen molar-refractivity contribution < 1.29 is 17.7 Å². The van der Waals surface area contributed by atoms with Gasteiger partial charge in [0.2, 0.25) is 0 Å². The van der Waals surface area contributed by atoms with Crippen LogP contribution in [0.15, 0.2) is 93.1 Å². The Bertz CT molecular complexity index is 1390. The molecule has 156 valence electrons. The van der Waals surface area contributed by atoms with Gasteiger partial charge in [-0.25, -0.2) is 13.2 Å². The molecule has 0 atom stereocenters. The number of aromatic amines is 1. The minimum absolute atomic E-state index is 0.215. The Balaban J connectivity index is 1.52. The molecule has 0 fully saturated rings. The molecule has 1 aromatic heterocycles. The molecule has 1 amide bonds. The molecule has 0 spiro atoms. The molecule has 4 aromatic rings. The van der Waals surface area contributed by atoms with Crippen LogP contribution >= 0.6 is 0 Å². The number of anilines is 1. The molecular weight excluding hydrogens is 418 g/mol. The molecule has 2 N–H and O–H groups in total. The summed E-state index contributed by atoms with van der Waals surface area (Å²) in [7, 11) is -3.53. The maximum Gasteiger partial charge on any atom is 0.439 e. The lowest BCUT2D eigenvalue weighted by atomic mass is 10.1. The lowest BCUT2D eigenvalue weighted by Crippen LogP contribution is -2.13. The molecule has 3 aromatic carbocycles. The highest BCUT2D eigenvalue weighted by molar-refractivity contribution is 7.90.